The molecule has 4 heteroatoms. The van der Waals surface area contributed by atoms with Crippen molar-refractivity contribution in [3.63, 3.8) is 0 Å². The molecule has 1 N–H and O–H groups in total. The number of aliphatic hydroxyl groups is 1. The van der Waals surface area contributed by atoms with Gasteiger partial charge in [0, 0.05) is 0 Å². The summed E-state index contributed by atoms with van der Waals surface area (Å²) in [6.45, 7) is 0. The van der Waals surface area contributed by atoms with Gasteiger partial charge in [0.1, 0.15) is 0 Å². The SMILES string of the molecule is OC1(c2ccc(C(F)(F)F)cc2)C2CC3CC(C2)CC1C3. The maximum absolute atomic E-state index is 12.7. The number of benzene rings is 1. The van der Waals surface area contributed by atoms with Crippen LogP contribution in [0, 0.1) is 23.7 Å². The van der Waals surface area contributed by atoms with Crippen molar-refractivity contribution in [3.05, 3.63) is 35.4 Å². The largest absolute Gasteiger partial charge is 0.416 e. The fraction of sp³-hybridized carbons (Fsp3) is 0.647. The Hall–Kier alpha value is -1.03. The first-order valence-electron chi connectivity index (χ1n) is 7.77. The van der Waals surface area contributed by atoms with Crippen LogP contribution in [0.15, 0.2) is 24.3 Å². The number of halogens is 3. The molecule has 0 heterocycles. The van der Waals surface area contributed by atoms with Gasteiger partial charge in [0.05, 0.1) is 11.2 Å². The van der Waals surface area contributed by atoms with Crippen molar-refractivity contribution in [2.45, 2.75) is 43.9 Å². The molecular formula is C17H19F3O. The van der Waals surface area contributed by atoms with Gasteiger partial charge in [-0.1, -0.05) is 12.1 Å². The molecule has 1 aromatic rings. The van der Waals surface area contributed by atoms with E-state index >= 15 is 0 Å². The minimum Gasteiger partial charge on any atom is -0.385 e. The van der Waals surface area contributed by atoms with Crippen molar-refractivity contribution in [2.75, 3.05) is 0 Å². The Kier molecular flexibility index (Phi) is 2.76. The van der Waals surface area contributed by atoms with Gasteiger partial charge in [-0.3, -0.25) is 0 Å². The van der Waals surface area contributed by atoms with Crippen molar-refractivity contribution in [1.82, 2.24) is 0 Å². The van der Waals surface area contributed by atoms with E-state index in [1.807, 2.05) is 0 Å². The standard InChI is InChI=1S/C17H19F3O/c18-17(19,20)13-3-1-12(2-4-13)16(21)14-6-10-5-11(8-14)9-15(16)7-10/h1-4,10-11,14-15,21H,5-9H2. The van der Waals surface area contributed by atoms with Crippen molar-refractivity contribution < 1.29 is 18.3 Å². The van der Waals surface area contributed by atoms with E-state index in [1.165, 1.54) is 18.6 Å². The summed E-state index contributed by atoms with van der Waals surface area (Å²) in [7, 11) is 0. The van der Waals surface area contributed by atoms with Crippen molar-refractivity contribution in [3.8, 4) is 0 Å². The number of alkyl halides is 3. The van der Waals surface area contributed by atoms with Gasteiger partial charge in [-0.25, -0.2) is 0 Å². The second kappa shape index (κ2) is 4.25. The summed E-state index contributed by atoms with van der Waals surface area (Å²) < 4.78 is 38.0. The maximum Gasteiger partial charge on any atom is 0.416 e. The quantitative estimate of drug-likeness (QED) is 0.817. The lowest BCUT2D eigenvalue weighted by atomic mass is 9.48. The molecule has 21 heavy (non-hydrogen) atoms. The topological polar surface area (TPSA) is 20.2 Å². The molecule has 0 aromatic heterocycles. The maximum atomic E-state index is 12.7. The van der Waals surface area contributed by atoms with Crippen LogP contribution in [0.5, 0.6) is 0 Å². The summed E-state index contributed by atoms with van der Waals surface area (Å²) in [4.78, 5) is 0. The van der Waals surface area contributed by atoms with Gasteiger partial charge in [-0.15, -0.1) is 0 Å². The van der Waals surface area contributed by atoms with E-state index in [0.717, 1.165) is 49.7 Å². The predicted molar refractivity (Wildman–Crippen MR) is 72.4 cm³/mol. The summed E-state index contributed by atoms with van der Waals surface area (Å²) in [5.74, 6) is 1.90. The van der Waals surface area contributed by atoms with Crippen molar-refractivity contribution >= 4 is 0 Å². The van der Waals surface area contributed by atoms with Crippen molar-refractivity contribution in [2.24, 2.45) is 23.7 Å². The third kappa shape index (κ3) is 1.95. The Morgan fingerprint density at radius 1 is 0.857 bits per heavy atom. The zero-order valence-electron chi connectivity index (χ0n) is 11.7. The molecule has 0 spiro atoms. The Bertz CT molecular complexity index is 518. The molecule has 5 rings (SSSR count). The van der Waals surface area contributed by atoms with Crippen LogP contribution in [0.3, 0.4) is 0 Å². The molecule has 4 aliphatic carbocycles. The van der Waals surface area contributed by atoms with Crippen LogP contribution < -0.4 is 0 Å². The predicted octanol–water partition coefficient (Wildman–Crippen LogP) is 4.35. The second-order valence-electron chi connectivity index (χ2n) is 7.20. The lowest BCUT2D eigenvalue weighted by Gasteiger charge is -2.59. The zero-order valence-corrected chi connectivity index (χ0v) is 11.7. The van der Waals surface area contributed by atoms with Crippen LogP contribution in [0.25, 0.3) is 0 Å². The highest BCUT2D eigenvalue weighted by molar-refractivity contribution is 5.32. The molecule has 0 atom stereocenters. The van der Waals surface area contributed by atoms with Crippen LogP contribution in [0.2, 0.25) is 0 Å². The first-order valence-corrected chi connectivity index (χ1v) is 7.77. The van der Waals surface area contributed by atoms with Gasteiger partial charge in [-0.05, 0) is 73.5 Å². The molecule has 0 unspecified atom stereocenters. The van der Waals surface area contributed by atoms with E-state index in [9.17, 15) is 18.3 Å². The summed E-state index contributed by atoms with van der Waals surface area (Å²) in [5.41, 5.74) is -0.861. The molecule has 1 aromatic carbocycles. The highest BCUT2D eigenvalue weighted by Gasteiger charge is 2.57. The highest BCUT2D eigenvalue weighted by atomic mass is 19.4. The molecule has 1 nitrogen and oxygen atoms in total. The molecule has 0 aliphatic heterocycles. The summed E-state index contributed by atoms with van der Waals surface area (Å²) >= 11 is 0. The Morgan fingerprint density at radius 2 is 1.33 bits per heavy atom. The fourth-order valence-electron chi connectivity index (χ4n) is 5.30. The third-order valence-electron chi connectivity index (χ3n) is 6.06. The van der Waals surface area contributed by atoms with Crippen LogP contribution in [-0.4, -0.2) is 5.11 Å². The number of rotatable bonds is 1. The molecule has 4 saturated carbocycles. The molecule has 4 aliphatic rings. The first-order chi connectivity index (χ1) is 9.87. The van der Waals surface area contributed by atoms with Gasteiger partial charge in [0.25, 0.3) is 0 Å². The molecule has 0 radical (unpaired) electrons. The summed E-state index contributed by atoms with van der Waals surface area (Å²) in [5, 5.41) is 11.3. The lowest BCUT2D eigenvalue weighted by Crippen LogP contribution is -2.55. The smallest absolute Gasteiger partial charge is 0.385 e. The minimum atomic E-state index is -4.31. The Morgan fingerprint density at radius 3 is 1.76 bits per heavy atom. The van der Waals surface area contributed by atoms with Crippen LogP contribution in [-0.2, 0) is 11.8 Å². The molecular weight excluding hydrogens is 277 g/mol. The van der Waals surface area contributed by atoms with Crippen molar-refractivity contribution in [1.29, 1.82) is 0 Å². The van der Waals surface area contributed by atoms with Gasteiger partial charge in [0.15, 0.2) is 0 Å². The van der Waals surface area contributed by atoms with E-state index in [4.69, 9.17) is 0 Å². The van der Waals surface area contributed by atoms with Gasteiger partial charge >= 0.3 is 6.18 Å². The molecule has 0 saturated heterocycles. The van der Waals surface area contributed by atoms with Crippen LogP contribution in [0.1, 0.15) is 43.2 Å². The van der Waals surface area contributed by atoms with E-state index in [2.05, 4.69) is 0 Å². The lowest BCUT2D eigenvalue weighted by molar-refractivity contribution is -0.179. The van der Waals surface area contributed by atoms with E-state index < -0.39 is 17.3 Å². The highest BCUT2D eigenvalue weighted by Crippen LogP contribution is 2.61. The Labute approximate surface area is 122 Å². The van der Waals surface area contributed by atoms with Crippen LogP contribution >= 0.6 is 0 Å². The average Bonchev–Trinajstić information content (AvgIpc) is 2.43. The Balaban J connectivity index is 1.69. The van der Waals surface area contributed by atoms with Gasteiger partial charge < -0.3 is 5.11 Å². The zero-order chi connectivity index (χ0) is 14.8. The normalized spacial score (nSPS) is 41.5. The monoisotopic (exact) mass is 296 g/mol. The molecule has 0 amide bonds. The van der Waals surface area contributed by atoms with Gasteiger partial charge in [-0.2, -0.15) is 13.2 Å². The molecule has 4 bridgehead atoms. The fourth-order valence-corrected chi connectivity index (χ4v) is 5.30. The molecule has 114 valence electrons. The molecule has 4 fully saturated rings. The number of hydrogen-bond acceptors (Lipinski definition) is 1. The first kappa shape index (κ1) is 13.6. The number of hydrogen-bond donors (Lipinski definition) is 1. The third-order valence-corrected chi connectivity index (χ3v) is 6.06. The van der Waals surface area contributed by atoms with E-state index in [-0.39, 0.29) is 11.8 Å². The van der Waals surface area contributed by atoms with E-state index in [0.29, 0.717) is 5.56 Å². The van der Waals surface area contributed by atoms with E-state index in [1.54, 1.807) is 0 Å². The summed E-state index contributed by atoms with van der Waals surface area (Å²) in [6.07, 6.45) is 1.10. The van der Waals surface area contributed by atoms with Crippen LogP contribution in [0.4, 0.5) is 13.2 Å². The minimum absolute atomic E-state index is 0.227. The average molecular weight is 296 g/mol. The second-order valence-corrected chi connectivity index (χ2v) is 7.20. The summed E-state index contributed by atoms with van der Waals surface area (Å²) in [6, 6.07) is 5.20. The van der Waals surface area contributed by atoms with Gasteiger partial charge in [0.2, 0.25) is 0 Å².